The van der Waals surface area contributed by atoms with Crippen molar-refractivity contribution in [3.8, 4) is 0 Å². The van der Waals surface area contributed by atoms with E-state index in [1.165, 1.54) is 0 Å². The van der Waals surface area contributed by atoms with Crippen LogP contribution >= 0.6 is 12.6 Å². The third-order valence-corrected chi connectivity index (χ3v) is 4.12. The Balaban J connectivity index is 2.02. The van der Waals surface area contributed by atoms with Crippen molar-refractivity contribution in [2.45, 2.75) is 6.54 Å². The zero-order valence-corrected chi connectivity index (χ0v) is 15.5. The second-order valence-electron chi connectivity index (χ2n) is 5.71. The van der Waals surface area contributed by atoms with Gasteiger partial charge in [0.25, 0.3) is 0 Å². The number of nitrogens with zero attached hydrogens (tertiary/aromatic N) is 4. The number of aryl methyl sites for hydroxylation is 1. The SMILES string of the molecule is O=NCCN(CCN=O)c1ccc(/C=C/c2cc[n+](CCS)cc2)cc1. The summed E-state index contributed by atoms with van der Waals surface area (Å²) < 4.78 is 2.09. The smallest absolute Gasteiger partial charge is 0.169 e. The molecule has 1 aromatic heterocycles. The molecule has 26 heavy (non-hydrogen) atoms. The van der Waals surface area contributed by atoms with Crippen molar-refractivity contribution in [1.82, 2.24) is 0 Å². The number of pyridine rings is 1. The first-order chi connectivity index (χ1) is 12.8. The van der Waals surface area contributed by atoms with Gasteiger partial charge < -0.3 is 4.90 Å². The Labute approximate surface area is 158 Å². The van der Waals surface area contributed by atoms with Crippen LogP contribution in [-0.2, 0) is 6.54 Å². The van der Waals surface area contributed by atoms with E-state index in [0.29, 0.717) is 13.1 Å². The molecule has 136 valence electrons. The van der Waals surface area contributed by atoms with Crippen LogP contribution in [0.5, 0.6) is 0 Å². The first-order valence-electron chi connectivity index (χ1n) is 8.48. The minimum Gasteiger partial charge on any atom is -0.368 e. The first kappa shape index (κ1) is 19.8. The third kappa shape index (κ3) is 6.40. The summed E-state index contributed by atoms with van der Waals surface area (Å²) in [5, 5.41) is 5.78. The molecule has 0 aliphatic carbocycles. The van der Waals surface area contributed by atoms with E-state index in [-0.39, 0.29) is 13.1 Å². The van der Waals surface area contributed by atoms with Crippen molar-refractivity contribution >= 4 is 30.5 Å². The van der Waals surface area contributed by atoms with Crippen LogP contribution < -0.4 is 9.47 Å². The highest BCUT2D eigenvalue weighted by molar-refractivity contribution is 7.80. The maximum atomic E-state index is 10.4. The number of thiol groups is 1. The molecule has 7 heteroatoms. The average molecular weight is 371 g/mol. The Kier molecular flexibility index (Phi) is 8.48. The fourth-order valence-corrected chi connectivity index (χ4v) is 2.76. The van der Waals surface area contributed by atoms with Gasteiger partial charge in [-0.1, -0.05) is 34.6 Å². The summed E-state index contributed by atoms with van der Waals surface area (Å²) in [7, 11) is 0. The lowest BCUT2D eigenvalue weighted by Crippen LogP contribution is -2.33. The number of anilines is 1. The van der Waals surface area contributed by atoms with Gasteiger partial charge in [0.1, 0.15) is 0 Å². The van der Waals surface area contributed by atoms with E-state index in [4.69, 9.17) is 0 Å². The highest BCUT2D eigenvalue weighted by Crippen LogP contribution is 2.17. The molecule has 2 rings (SSSR count). The Hall–Kier alpha value is -2.54. The number of hydrogen-bond donors (Lipinski definition) is 1. The monoisotopic (exact) mass is 371 g/mol. The van der Waals surface area contributed by atoms with Gasteiger partial charge in [-0.15, -0.1) is 0 Å². The predicted molar refractivity (Wildman–Crippen MR) is 109 cm³/mol. The summed E-state index contributed by atoms with van der Waals surface area (Å²) in [5.41, 5.74) is 3.14. The lowest BCUT2D eigenvalue weighted by Gasteiger charge is -2.22. The second-order valence-corrected chi connectivity index (χ2v) is 6.16. The van der Waals surface area contributed by atoms with Gasteiger partial charge in [0.2, 0.25) is 0 Å². The van der Waals surface area contributed by atoms with Gasteiger partial charge in [-0.3, -0.25) is 0 Å². The molecule has 2 aromatic rings. The summed E-state index contributed by atoms with van der Waals surface area (Å²) in [5.74, 6) is 0.815. The molecule has 0 amide bonds. The number of hydrogen-bond acceptors (Lipinski definition) is 6. The van der Waals surface area contributed by atoms with E-state index in [9.17, 15) is 9.81 Å². The molecular formula is C19H23N4O2S+. The van der Waals surface area contributed by atoms with Gasteiger partial charge >= 0.3 is 0 Å². The number of nitroso groups, excluding NO2 is 2. The Morgan fingerprint density at radius 1 is 0.885 bits per heavy atom. The van der Waals surface area contributed by atoms with Crippen LogP contribution in [0.2, 0.25) is 0 Å². The van der Waals surface area contributed by atoms with Crippen LogP contribution in [0, 0.1) is 9.81 Å². The zero-order valence-electron chi connectivity index (χ0n) is 14.6. The van der Waals surface area contributed by atoms with Crippen LogP contribution in [0.15, 0.2) is 59.1 Å². The van der Waals surface area contributed by atoms with Crippen LogP contribution in [0.25, 0.3) is 12.2 Å². The molecule has 1 heterocycles. The van der Waals surface area contributed by atoms with Gasteiger partial charge in [0, 0.05) is 36.7 Å². The third-order valence-electron chi connectivity index (χ3n) is 3.92. The van der Waals surface area contributed by atoms with Crippen molar-refractivity contribution in [2.75, 3.05) is 36.8 Å². The molecule has 0 unspecified atom stereocenters. The molecule has 0 aliphatic heterocycles. The highest BCUT2D eigenvalue weighted by atomic mass is 32.1. The molecule has 6 nitrogen and oxygen atoms in total. The number of benzene rings is 1. The quantitative estimate of drug-likeness (QED) is 0.374. The summed E-state index contributed by atoms with van der Waals surface area (Å²) >= 11 is 4.23. The summed E-state index contributed by atoms with van der Waals surface area (Å²) in [6.45, 7) is 2.21. The lowest BCUT2D eigenvalue weighted by atomic mass is 10.1. The molecule has 0 atom stereocenters. The normalized spacial score (nSPS) is 10.8. The van der Waals surface area contributed by atoms with E-state index in [2.05, 4.69) is 45.8 Å². The fourth-order valence-electron chi connectivity index (χ4n) is 2.53. The Morgan fingerprint density at radius 2 is 1.42 bits per heavy atom. The molecular weight excluding hydrogens is 348 g/mol. The second kappa shape index (κ2) is 11.1. The van der Waals surface area contributed by atoms with Gasteiger partial charge in [-0.25, -0.2) is 4.57 Å². The molecule has 0 N–H and O–H groups in total. The molecule has 0 saturated carbocycles. The highest BCUT2D eigenvalue weighted by Gasteiger charge is 2.06. The average Bonchev–Trinajstić information content (AvgIpc) is 2.68. The van der Waals surface area contributed by atoms with Crippen molar-refractivity contribution in [3.63, 3.8) is 0 Å². The molecule has 0 spiro atoms. The number of aromatic nitrogens is 1. The molecule has 0 radical (unpaired) electrons. The van der Waals surface area contributed by atoms with E-state index < -0.39 is 0 Å². The lowest BCUT2D eigenvalue weighted by molar-refractivity contribution is -0.692. The van der Waals surface area contributed by atoms with Crippen molar-refractivity contribution < 1.29 is 4.57 Å². The minimum absolute atomic E-state index is 0.182. The minimum atomic E-state index is 0.182. The zero-order chi connectivity index (χ0) is 18.6. The topological polar surface area (TPSA) is 66.0 Å². The summed E-state index contributed by atoms with van der Waals surface area (Å²) in [6, 6.07) is 12.1. The molecule has 0 aliphatic rings. The summed E-state index contributed by atoms with van der Waals surface area (Å²) in [4.78, 5) is 22.7. The van der Waals surface area contributed by atoms with Gasteiger partial charge in [0.05, 0.1) is 13.1 Å². The Bertz CT molecular complexity index is 705. The van der Waals surface area contributed by atoms with E-state index >= 15 is 0 Å². The van der Waals surface area contributed by atoms with Crippen LogP contribution in [0.1, 0.15) is 11.1 Å². The van der Waals surface area contributed by atoms with Gasteiger partial charge in [-0.2, -0.15) is 22.4 Å². The standard InChI is InChI=1S/C19H22N4O2S/c24-20-9-13-23(14-10-21-25)19-5-3-17(4-6-19)1-2-18-7-11-22(12-8-18)15-16-26/h1-8,11-12H,9-10,13-16H2/p+1. The molecule has 0 fully saturated rings. The van der Waals surface area contributed by atoms with Gasteiger partial charge in [-0.05, 0) is 23.3 Å². The van der Waals surface area contributed by atoms with Crippen molar-refractivity contribution in [3.05, 3.63) is 69.7 Å². The van der Waals surface area contributed by atoms with Crippen LogP contribution in [-0.4, -0.2) is 31.9 Å². The van der Waals surface area contributed by atoms with Crippen LogP contribution in [0.3, 0.4) is 0 Å². The first-order valence-corrected chi connectivity index (χ1v) is 9.11. The maximum Gasteiger partial charge on any atom is 0.169 e. The van der Waals surface area contributed by atoms with Crippen molar-refractivity contribution in [1.29, 1.82) is 0 Å². The van der Waals surface area contributed by atoms with Gasteiger partial charge in [0.15, 0.2) is 18.9 Å². The summed E-state index contributed by atoms with van der Waals surface area (Å²) in [6.07, 6.45) is 8.19. The maximum absolute atomic E-state index is 10.4. The molecule has 0 bridgehead atoms. The van der Waals surface area contributed by atoms with E-state index in [0.717, 1.165) is 29.1 Å². The molecule has 0 saturated heterocycles. The predicted octanol–water partition coefficient (Wildman–Crippen LogP) is 3.41. The fraction of sp³-hybridized carbons (Fsp3) is 0.316. The largest absolute Gasteiger partial charge is 0.368 e. The van der Waals surface area contributed by atoms with E-state index in [1.807, 2.05) is 47.6 Å². The molecule has 1 aromatic carbocycles. The van der Waals surface area contributed by atoms with Crippen molar-refractivity contribution in [2.24, 2.45) is 10.4 Å². The van der Waals surface area contributed by atoms with Crippen LogP contribution in [0.4, 0.5) is 5.69 Å². The Morgan fingerprint density at radius 3 is 1.92 bits per heavy atom. The van der Waals surface area contributed by atoms with E-state index in [1.54, 1.807) is 0 Å². The number of rotatable bonds is 11.